The lowest BCUT2D eigenvalue weighted by molar-refractivity contribution is -0.111. The number of nitrogens with one attached hydrogen (secondary N) is 1. The Morgan fingerprint density at radius 3 is 2.81 bits per heavy atom. The minimum atomic E-state index is -0.291. The molecule has 2 aromatic rings. The average molecular weight is 396 g/mol. The standard InChI is InChI=1S/C18H22ClN3O3S/c1-5-25-17-13(19)9-12(10-14(17)24-4)6-7-15(23)20-18-22-21-16(26-18)8-11(2)3/h6-7,9-11H,5,8H2,1-4H3,(H,20,22,23)/b7-6+. The van der Waals surface area contributed by atoms with Crippen molar-refractivity contribution >= 4 is 40.1 Å². The molecule has 1 aromatic carbocycles. The second-order valence-electron chi connectivity index (χ2n) is 5.89. The zero-order valence-electron chi connectivity index (χ0n) is 15.2. The van der Waals surface area contributed by atoms with Crippen molar-refractivity contribution in [1.29, 1.82) is 0 Å². The first kappa shape index (κ1) is 20.2. The lowest BCUT2D eigenvalue weighted by Gasteiger charge is -2.11. The molecule has 0 aliphatic carbocycles. The molecule has 0 aliphatic rings. The zero-order chi connectivity index (χ0) is 19.1. The van der Waals surface area contributed by atoms with E-state index >= 15 is 0 Å². The van der Waals surface area contributed by atoms with E-state index in [1.165, 1.54) is 17.4 Å². The third-order valence-corrected chi connectivity index (χ3v) is 4.39. The van der Waals surface area contributed by atoms with Crippen molar-refractivity contribution in [3.8, 4) is 11.5 Å². The van der Waals surface area contributed by atoms with E-state index in [0.717, 1.165) is 17.0 Å². The normalized spacial score (nSPS) is 11.2. The summed E-state index contributed by atoms with van der Waals surface area (Å²) in [7, 11) is 1.54. The Hall–Kier alpha value is -2.12. The highest BCUT2D eigenvalue weighted by molar-refractivity contribution is 7.15. The summed E-state index contributed by atoms with van der Waals surface area (Å²) < 4.78 is 10.8. The summed E-state index contributed by atoms with van der Waals surface area (Å²) >= 11 is 7.61. The fraction of sp³-hybridized carbons (Fsp3) is 0.389. The van der Waals surface area contributed by atoms with Gasteiger partial charge in [-0.05, 0) is 36.6 Å². The fourth-order valence-electron chi connectivity index (χ4n) is 2.18. The van der Waals surface area contributed by atoms with Crippen LogP contribution in [0.2, 0.25) is 5.02 Å². The number of aromatic nitrogens is 2. The zero-order valence-corrected chi connectivity index (χ0v) is 16.8. The molecule has 0 aliphatic heterocycles. The number of nitrogens with zero attached hydrogens (tertiary/aromatic N) is 2. The molecule has 2 rings (SSSR count). The summed E-state index contributed by atoms with van der Waals surface area (Å²) in [4.78, 5) is 12.1. The number of hydrogen-bond donors (Lipinski definition) is 1. The van der Waals surface area contributed by atoms with Crippen molar-refractivity contribution < 1.29 is 14.3 Å². The molecule has 0 saturated heterocycles. The van der Waals surface area contributed by atoms with Crippen LogP contribution >= 0.6 is 22.9 Å². The van der Waals surface area contributed by atoms with Gasteiger partial charge in [-0.3, -0.25) is 10.1 Å². The maximum absolute atomic E-state index is 12.1. The average Bonchev–Trinajstić information content (AvgIpc) is 3.01. The highest BCUT2D eigenvalue weighted by atomic mass is 35.5. The van der Waals surface area contributed by atoms with Crippen LogP contribution in [-0.4, -0.2) is 29.8 Å². The Morgan fingerprint density at radius 1 is 1.38 bits per heavy atom. The summed E-state index contributed by atoms with van der Waals surface area (Å²) in [5.41, 5.74) is 0.725. The van der Waals surface area contributed by atoms with Gasteiger partial charge in [-0.2, -0.15) is 0 Å². The van der Waals surface area contributed by atoms with Crippen molar-refractivity contribution in [3.63, 3.8) is 0 Å². The van der Waals surface area contributed by atoms with E-state index in [0.29, 0.717) is 34.2 Å². The number of rotatable bonds is 8. The molecule has 0 saturated carbocycles. The van der Waals surface area contributed by atoms with E-state index in [9.17, 15) is 4.79 Å². The van der Waals surface area contributed by atoms with E-state index in [-0.39, 0.29) is 5.91 Å². The number of anilines is 1. The molecule has 0 unspecified atom stereocenters. The molecule has 6 nitrogen and oxygen atoms in total. The van der Waals surface area contributed by atoms with Gasteiger partial charge in [0.05, 0.1) is 18.7 Å². The fourth-order valence-corrected chi connectivity index (χ4v) is 3.40. The van der Waals surface area contributed by atoms with Crippen molar-refractivity contribution in [2.24, 2.45) is 5.92 Å². The first-order valence-electron chi connectivity index (χ1n) is 8.24. The van der Waals surface area contributed by atoms with Gasteiger partial charge in [0.1, 0.15) is 5.01 Å². The second kappa shape index (κ2) is 9.54. The maximum Gasteiger partial charge on any atom is 0.250 e. The van der Waals surface area contributed by atoms with Crippen molar-refractivity contribution in [2.45, 2.75) is 27.2 Å². The van der Waals surface area contributed by atoms with Gasteiger partial charge in [0, 0.05) is 12.5 Å². The van der Waals surface area contributed by atoms with E-state index in [1.54, 1.807) is 25.3 Å². The summed E-state index contributed by atoms with van der Waals surface area (Å²) in [6.45, 7) is 6.57. The number of ether oxygens (including phenoxy) is 2. The number of methoxy groups -OCH3 is 1. The lowest BCUT2D eigenvalue weighted by Crippen LogP contribution is -2.07. The lowest BCUT2D eigenvalue weighted by atomic mass is 10.1. The predicted octanol–water partition coefficient (Wildman–Crippen LogP) is 4.45. The van der Waals surface area contributed by atoms with Gasteiger partial charge in [-0.25, -0.2) is 0 Å². The number of benzene rings is 1. The quantitative estimate of drug-likeness (QED) is 0.668. The maximum atomic E-state index is 12.1. The minimum Gasteiger partial charge on any atom is -0.493 e. The van der Waals surface area contributed by atoms with Crippen LogP contribution in [0.5, 0.6) is 11.5 Å². The highest BCUT2D eigenvalue weighted by Crippen LogP contribution is 2.36. The molecule has 0 bridgehead atoms. The SMILES string of the molecule is CCOc1c(Cl)cc(/C=C/C(=O)Nc2nnc(CC(C)C)s2)cc1OC. The molecule has 140 valence electrons. The summed E-state index contributed by atoms with van der Waals surface area (Å²) in [5.74, 6) is 1.21. The predicted molar refractivity (Wildman–Crippen MR) is 105 cm³/mol. The van der Waals surface area contributed by atoms with Gasteiger partial charge in [0.15, 0.2) is 11.5 Å². The first-order valence-corrected chi connectivity index (χ1v) is 9.44. The smallest absolute Gasteiger partial charge is 0.250 e. The molecule has 0 atom stereocenters. The Kier molecular flexibility index (Phi) is 7.41. The van der Waals surface area contributed by atoms with Gasteiger partial charge in [0.2, 0.25) is 11.0 Å². The van der Waals surface area contributed by atoms with Crippen LogP contribution < -0.4 is 14.8 Å². The van der Waals surface area contributed by atoms with Crippen LogP contribution in [-0.2, 0) is 11.2 Å². The number of carbonyl (C=O) groups is 1. The molecule has 8 heteroatoms. The molecule has 26 heavy (non-hydrogen) atoms. The Labute approximate surface area is 162 Å². The minimum absolute atomic E-state index is 0.291. The van der Waals surface area contributed by atoms with Gasteiger partial charge in [0.25, 0.3) is 0 Å². The Balaban J connectivity index is 2.05. The van der Waals surface area contributed by atoms with E-state index in [1.807, 2.05) is 6.92 Å². The molecule has 1 amide bonds. The molecular weight excluding hydrogens is 374 g/mol. The van der Waals surface area contributed by atoms with Crippen LogP contribution in [0.1, 0.15) is 31.3 Å². The van der Waals surface area contributed by atoms with Gasteiger partial charge >= 0.3 is 0 Å². The topological polar surface area (TPSA) is 73.3 Å². The van der Waals surface area contributed by atoms with Crippen LogP contribution in [0.3, 0.4) is 0 Å². The summed E-state index contributed by atoms with van der Waals surface area (Å²) in [6, 6.07) is 3.47. The molecule has 0 radical (unpaired) electrons. The number of halogens is 1. The van der Waals surface area contributed by atoms with Crippen LogP contribution in [0.4, 0.5) is 5.13 Å². The number of amides is 1. The van der Waals surface area contributed by atoms with Crippen molar-refractivity contribution in [2.75, 3.05) is 19.0 Å². The number of carbonyl (C=O) groups excluding carboxylic acids is 1. The Morgan fingerprint density at radius 2 is 2.15 bits per heavy atom. The second-order valence-corrected chi connectivity index (χ2v) is 7.36. The van der Waals surface area contributed by atoms with Crippen LogP contribution in [0.25, 0.3) is 6.08 Å². The van der Waals surface area contributed by atoms with Crippen LogP contribution in [0, 0.1) is 5.92 Å². The van der Waals surface area contributed by atoms with Gasteiger partial charge in [-0.15, -0.1) is 10.2 Å². The molecule has 1 N–H and O–H groups in total. The molecule has 0 spiro atoms. The van der Waals surface area contributed by atoms with Gasteiger partial charge < -0.3 is 9.47 Å². The largest absolute Gasteiger partial charge is 0.493 e. The molecule has 0 fully saturated rings. The summed E-state index contributed by atoms with van der Waals surface area (Å²) in [6.07, 6.45) is 3.90. The van der Waals surface area contributed by atoms with Crippen molar-refractivity contribution in [1.82, 2.24) is 10.2 Å². The third kappa shape index (κ3) is 5.71. The van der Waals surface area contributed by atoms with E-state index in [4.69, 9.17) is 21.1 Å². The van der Waals surface area contributed by atoms with E-state index < -0.39 is 0 Å². The molecular formula is C18H22ClN3O3S. The first-order chi connectivity index (χ1) is 12.4. The van der Waals surface area contributed by atoms with E-state index in [2.05, 4.69) is 29.4 Å². The molecule has 1 aromatic heterocycles. The van der Waals surface area contributed by atoms with Gasteiger partial charge in [-0.1, -0.05) is 36.8 Å². The Bertz CT molecular complexity index is 790. The highest BCUT2D eigenvalue weighted by Gasteiger charge is 2.11. The molecule has 1 heterocycles. The summed E-state index contributed by atoms with van der Waals surface area (Å²) in [5, 5.41) is 12.6. The monoisotopic (exact) mass is 395 g/mol. The third-order valence-electron chi connectivity index (χ3n) is 3.25. The van der Waals surface area contributed by atoms with Crippen LogP contribution in [0.15, 0.2) is 18.2 Å². The van der Waals surface area contributed by atoms with Crippen molar-refractivity contribution in [3.05, 3.63) is 33.8 Å². The number of hydrogen-bond acceptors (Lipinski definition) is 6.